The van der Waals surface area contributed by atoms with Crippen LogP contribution in [0, 0.1) is 5.92 Å². The summed E-state index contributed by atoms with van der Waals surface area (Å²) >= 11 is 0. The summed E-state index contributed by atoms with van der Waals surface area (Å²) in [5, 5.41) is 0. The lowest BCUT2D eigenvalue weighted by Gasteiger charge is -2.22. The van der Waals surface area contributed by atoms with Crippen LogP contribution in [0.4, 0.5) is 5.82 Å². The molecule has 1 fully saturated rings. The van der Waals surface area contributed by atoms with E-state index < -0.39 is 0 Å². The molecule has 0 spiro atoms. The Morgan fingerprint density at radius 3 is 2.88 bits per heavy atom. The van der Waals surface area contributed by atoms with Crippen LogP contribution in [0.3, 0.4) is 0 Å². The number of aromatic nitrogens is 1. The number of hydrogen-bond donors (Lipinski definition) is 1. The van der Waals surface area contributed by atoms with E-state index in [9.17, 15) is 0 Å². The van der Waals surface area contributed by atoms with Gasteiger partial charge in [-0.2, -0.15) is 0 Å². The van der Waals surface area contributed by atoms with Crippen LogP contribution in [-0.2, 0) is 0 Å². The molecule has 1 aromatic rings. The highest BCUT2D eigenvalue weighted by atomic mass is 15.2. The van der Waals surface area contributed by atoms with Crippen LogP contribution in [0.1, 0.15) is 38.3 Å². The molecule has 0 aromatic carbocycles. The Labute approximate surface area is 97.7 Å². The molecule has 0 aliphatic heterocycles. The molecular formula is C13H21N3. The Bertz CT molecular complexity index is 345. The third-order valence-electron chi connectivity index (χ3n) is 3.18. The molecule has 2 rings (SSSR count). The summed E-state index contributed by atoms with van der Waals surface area (Å²) in [5.74, 6) is 1.96. The van der Waals surface area contributed by atoms with E-state index in [-0.39, 0.29) is 6.04 Å². The summed E-state index contributed by atoms with van der Waals surface area (Å²) in [4.78, 5) is 6.79. The summed E-state index contributed by atoms with van der Waals surface area (Å²) < 4.78 is 0. The minimum absolute atomic E-state index is 0.0846. The molecule has 3 heteroatoms. The van der Waals surface area contributed by atoms with E-state index in [1.54, 1.807) is 0 Å². The van der Waals surface area contributed by atoms with Crippen molar-refractivity contribution in [3.8, 4) is 0 Å². The van der Waals surface area contributed by atoms with Crippen molar-refractivity contribution >= 4 is 5.82 Å². The smallest absolute Gasteiger partial charge is 0.128 e. The maximum Gasteiger partial charge on any atom is 0.128 e. The molecule has 16 heavy (non-hydrogen) atoms. The first-order chi connectivity index (χ1) is 7.70. The average molecular weight is 219 g/mol. The summed E-state index contributed by atoms with van der Waals surface area (Å²) in [6.07, 6.45) is 4.62. The van der Waals surface area contributed by atoms with Crippen LogP contribution in [0.2, 0.25) is 0 Å². The molecule has 88 valence electrons. The Balaban J connectivity index is 2.12. The standard InChI is InChI=1S/C13H21N3/c1-3-16(9-11-4-5-11)13-8-12(10(2)14)6-7-15-13/h6-8,10-11H,3-5,9,14H2,1-2H3. The zero-order chi connectivity index (χ0) is 11.5. The summed E-state index contributed by atoms with van der Waals surface area (Å²) in [5.41, 5.74) is 7.06. The molecule has 0 saturated heterocycles. The fraction of sp³-hybridized carbons (Fsp3) is 0.615. The molecule has 0 amide bonds. The maximum absolute atomic E-state index is 5.89. The van der Waals surface area contributed by atoms with Gasteiger partial charge in [0.2, 0.25) is 0 Å². The number of hydrogen-bond acceptors (Lipinski definition) is 3. The van der Waals surface area contributed by atoms with E-state index in [2.05, 4.69) is 22.9 Å². The molecule has 0 bridgehead atoms. The summed E-state index contributed by atoms with van der Waals surface area (Å²) in [6.45, 7) is 6.36. The van der Waals surface area contributed by atoms with Gasteiger partial charge >= 0.3 is 0 Å². The second-order valence-corrected chi connectivity index (χ2v) is 4.72. The number of nitrogens with two attached hydrogens (primary N) is 1. The van der Waals surface area contributed by atoms with Crippen molar-refractivity contribution in [3.63, 3.8) is 0 Å². The number of pyridine rings is 1. The molecule has 1 unspecified atom stereocenters. The van der Waals surface area contributed by atoms with Gasteiger partial charge < -0.3 is 10.6 Å². The van der Waals surface area contributed by atoms with Gasteiger partial charge in [-0.1, -0.05) is 0 Å². The third kappa shape index (κ3) is 2.73. The van der Waals surface area contributed by atoms with E-state index in [1.807, 2.05) is 19.2 Å². The lowest BCUT2D eigenvalue weighted by molar-refractivity contribution is 0.728. The van der Waals surface area contributed by atoms with Crippen LogP contribution in [-0.4, -0.2) is 18.1 Å². The van der Waals surface area contributed by atoms with E-state index in [4.69, 9.17) is 5.73 Å². The van der Waals surface area contributed by atoms with Crippen molar-refractivity contribution in [1.82, 2.24) is 4.98 Å². The van der Waals surface area contributed by atoms with E-state index in [1.165, 1.54) is 18.4 Å². The van der Waals surface area contributed by atoms with E-state index in [0.717, 1.165) is 24.8 Å². The molecule has 1 heterocycles. The number of anilines is 1. The van der Waals surface area contributed by atoms with E-state index >= 15 is 0 Å². The third-order valence-corrected chi connectivity index (χ3v) is 3.18. The van der Waals surface area contributed by atoms with Gasteiger partial charge in [-0.25, -0.2) is 4.98 Å². The minimum Gasteiger partial charge on any atom is -0.357 e. The normalized spacial score (nSPS) is 17.2. The van der Waals surface area contributed by atoms with Gasteiger partial charge in [0, 0.05) is 25.3 Å². The number of rotatable bonds is 5. The zero-order valence-electron chi connectivity index (χ0n) is 10.2. The fourth-order valence-corrected chi connectivity index (χ4v) is 1.89. The van der Waals surface area contributed by atoms with Gasteiger partial charge in [0.05, 0.1) is 0 Å². The van der Waals surface area contributed by atoms with Gasteiger partial charge in [0.25, 0.3) is 0 Å². The second-order valence-electron chi connectivity index (χ2n) is 4.72. The molecule has 3 nitrogen and oxygen atoms in total. The first kappa shape index (κ1) is 11.4. The van der Waals surface area contributed by atoms with Crippen LogP contribution in [0.25, 0.3) is 0 Å². The predicted octanol–water partition coefficient (Wildman–Crippen LogP) is 2.34. The van der Waals surface area contributed by atoms with Gasteiger partial charge in [0.15, 0.2) is 0 Å². The van der Waals surface area contributed by atoms with Gasteiger partial charge in [-0.15, -0.1) is 0 Å². The van der Waals surface area contributed by atoms with E-state index in [0.29, 0.717) is 0 Å². The van der Waals surface area contributed by atoms with Crippen molar-refractivity contribution in [1.29, 1.82) is 0 Å². The van der Waals surface area contributed by atoms with Crippen LogP contribution < -0.4 is 10.6 Å². The largest absolute Gasteiger partial charge is 0.357 e. The number of nitrogens with zero attached hydrogens (tertiary/aromatic N) is 2. The van der Waals surface area contributed by atoms with Crippen LogP contribution in [0.5, 0.6) is 0 Å². The molecule has 1 aromatic heterocycles. The first-order valence-electron chi connectivity index (χ1n) is 6.17. The summed E-state index contributed by atoms with van der Waals surface area (Å²) in [6, 6.07) is 4.21. The first-order valence-corrected chi connectivity index (χ1v) is 6.17. The van der Waals surface area contributed by atoms with Crippen molar-refractivity contribution in [3.05, 3.63) is 23.9 Å². The molecule has 0 radical (unpaired) electrons. The van der Waals surface area contributed by atoms with Crippen molar-refractivity contribution in [2.75, 3.05) is 18.0 Å². The molecular weight excluding hydrogens is 198 g/mol. The molecule has 2 N–H and O–H groups in total. The quantitative estimate of drug-likeness (QED) is 0.826. The topological polar surface area (TPSA) is 42.1 Å². The Hall–Kier alpha value is -1.09. The van der Waals surface area contributed by atoms with Crippen LogP contribution >= 0.6 is 0 Å². The Morgan fingerprint density at radius 1 is 1.56 bits per heavy atom. The lowest BCUT2D eigenvalue weighted by Crippen LogP contribution is -2.26. The SMILES string of the molecule is CCN(CC1CC1)c1cc(C(C)N)ccn1. The lowest BCUT2D eigenvalue weighted by atomic mass is 10.1. The van der Waals surface area contributed by atoms with Crippen molar-refractivity contribution in [2.45, 2.75) is 32.7 Å². The molecule has 1 aliphatic rings. The van der Waals surface area contributed by atoms with Gasteiger partial charge in [0.1, 0.15) is 5.82 Å². The average Bonchev–Trinajstić information content (AvgIpc) is 3.10. The predicted molar refractivity (Wildman–Crippen MR) is 67.5 cm³/mol. The highest BCUT2D eigenvalue weighted by molar-refractivity contribution is 5.41. The second kappa shape index (κ2) is 4.83. The zero-order valence-corrected chi connectivity index (χ0v) is 10.2. The Kier molecular flexibility index (Phi) is 3.44. The maximum atomic E-state index is 5.89. The van der Waals surface area contributed by atoms with Crippen molar-refractivity contribution in [2.24, 2.45) is 11.7 Å². The fourth-order valence-electron chi connectivity index (χ4n) is 1.89. The van der Waals surface area contributed by atoms with Gasteiger partial charge in [-0.3, -0.25) is 0 Å². The highest BCUT2D eigenvalue weighted by Gasteiger charge is 2.24. The van der Waals surface area contributed by atoms with Crippen LogP contribution in [0.15, 0.2) is 18.3 Å². The monoisotopic (exact) mass is 219 g/mol. The molecule has 1 saturated carbocycles. The molecule has 1 aliphatic carbocycles. The summed E-state index contributed by atoms with van der Waals surface area (Å²) in [7, 11) is 0. The van der Waals surface area contributed by atoms with Crippen molar-refractivity contribution < 1.29 is 0 Å². The highest BCUT2D eigenvalue weighted by Crippen LogP contribution is 2.31. The minimum atomic E-state index is 0.0846. The molecule has 1 atom stereocenters. The van der Waals surface area contributed by atoms with Gasteiger partial charge in [-0.05, 0) is 50.3 Å². The Morgan fingerprint density at radius 2 is 2.31 bits per heavy atom.